The van der Waals surface area contributed by atoms with Crippen LogP contribution in [0.25, 0.3) is 10.9 Å². The Morgan fingerprint density at radius 3 is 2.48 bits per heavy atom. The number of amides is 1. The molecule has 1 aromatic heterocycles. The van der Waals surface area contributed by atoms with Crippen LogP contribution in [0.1, 0.15) is 11.1 Å². The lowest BCUT2D eigenvalue weighted by atomic mass is 10.1. The second-order valence-electron chi connectivity index (χ2n) is 6.78. The van der Waals surface area contributed by atoms with Crippen molar-refractivity contribution < 1.29 is 13.6 Å². The summed E-state index contributed by atoms with van der Waals surface area (Å²) in [7, 11) is 0. The molecule has 4 rings (SSSR count). The van der Waals surface area contributed by atoms with E-state index in [1.807, 2.05) is 54.7 Å². The lowest BCUT2D eigenvalue weighted by Gasteiger charge is -2.06. The third-order valence-electron chi connectivity index (χ3n) is 4.69. The van der Waals surface area contributed by atoms with Crippen molar-refractivity contribution in [3.8, 4) is 0 Å². The maximum Gasteiger partial charge on any atom is 0.228 e. The Hall–Kier alpha value is -3.18. The van der Waals surface area contributed by atoms with Gasteiger partial charge in [0.25, 0.3) is 0 Å². The van der Waals surface area contributed by atoms with Gasteiger partial charge in [-0.1, -0.05) is 41.9 Å². The van der Waals surface area contributed by atoms with Crippen LogP contribution in [0.2, 0.25) is 5.02 Å². The van der Waals surface area contributed by atoms with Crippen molar-refractivity contribution in [2.24, 2.45) is 0 Å². The summed E-state index contributed by atoms with van der Waals surface area (Å²) in [6.07, 6.45) is 2.07. The molecule has 0 aliphatic rings. The predicted molar refractivity (Wildman–Crippen MR) is 111 cm³/mol. The second kappa shape index (κ2) is 8.05. The van der Waals surface area contributed by atoms with Gasteiger partial charge in [-0.25, -0.2) is 8.78 Å². The van der Waals surface area contributed by atoms with Crippen LogP contribution in [0.5, 0.6) is 0 Å². The zero-order valence-corrected chi connectivity index (χ0v) is 16.1. The van der Waals surface area contributed by atoms with Crippen LogP contribution in [0.15, 0.2) is 72.9 Å². The molecule has 0 atom stereocenters. The number of aromatic nitrogens is 1. The van der Waals surface area contributed by atoms with E-state index < -0.39 is 11.6 Å². The summed E-state index contributed by atoms with van der Waals surface area (Å²) >= 11 is 5.96. The van der Waals surface area contributed by atoms with Gasteiger partial charge in [0.05, 0.1) is 6.42 Å². The minimum absolute atomic E-state index is 0.118. The Morgan fingerprint density at radius 2 is 1.72 bits per heavy atom. The number of para-hydroxylation sites is 1. The van der Waals surface area contributed by atoms with Crippen molar-refractivity contribution in [2.75, 3.05) is 5.32 Å². The normalized spacial score (nSPS) is 11.0. The van der Waals surface area contributed by atoms with Crippen LogP contribution in [-0.4, -0.2) is 10.5 Å². The van der Waals surface area contributed by atoms with Gasteiger partial charge in [-0.15, -0.1) is 0 Å². The minimum atomic E-state index is -0.998. The standard InChI is InChI=1S/C23H17ClF2N2O/c24-17-7-5-15(6-8-17)13-28-14-16(19-3-1-2-4-22(19)28)11-23(29)27-18-9-10-20(25)21(26)12-18/h1-10,12,14H,11,13H2,(H,27,29). The largest absolute Gasteiger partial charge is 0.343 e. The first kappa shape index (κ1) is 19.2. The van der Waals surface area contributed by atoms with Crippen LogP contribution in [0, 0.1) is 11.6 Å². The molecule has 0 aliphatic carbocycles. The molecule has 1 heterocycles. The van der Waals surface area contributed by atoms with E-state index in [9.17, 15) is 13.6 Å². The monoisotopic (exact) mass is 410 g/mol. The summed E-state index contributed by atoms with van der Waals surface area (Å²) in [4.78, 5) is 12.5. The Kier molecular flexibility index (Phi) is 5.32. The predicted octanol–water partition coefficient (Wildman–Crippen LogP) is 5.80. The molecule has 0 radical (unpaired) electrons. The quantitative estimate of drug-likeness (QED) is 0.443. The van der Waals surface area contributed by atoms with E-state index in [2.05, 4.69) is 9.88 Å². The number of hydrogen-bond acceptors (Lipinski definition) is 1. The Bertz CT molecular complexity index is 1190. The first-order valence-electron chi connectivity index (χ1n) is 9.06. The Labute approximate surface area is 171 Å². The SMILES string of the molecule is O=C(Cc1cn(Cc2ccc(Cl)cc2)c2ccccc12)Nc1ccc(F)c(F)c1. The molecule has 146 valence electrons. The number of nitrogens with one attached hydrogen (secondary N) is 1. The van der Waals surface area contributed by atoms with E-state index >= 15 is 0 Å². The molecule has 0 saturated heterocycles. The number of carbonyl (C=O) groups excluding carboxylic acids is 1. The fourth-order valence-corrected chi connectivity index (χ4v) is 3.46. The number of carbonyl (C=O) groups is 1. The highest BCUT2D eigenvalue weighted by molar-refractivity contribution is 6.30. The first-order valence-corrected chi connectivity index (χ1v) is 9.43. The molecule has 0 spiro atoms. The first-order chi connectivity index (χ1) is 14.0. The molecule has 4 aromatic rings. The lowest BCUT2D eigenvalue weighted by molar-refractivity contribution is -0.115. The van der Waals surface area contributed by atoms with Crippen LogP contribution in [-0.2, 0) is 17.8 Å². The summed E-state index contributed by atoms with van der Waals surface area (Å²) in [6, 6.07) is 18.8. The highest BCUT2D eigenvalue weighted by Crippen LogP contribution is 2.24. The van der Waals surface area contributed by atoms with E-state index in [1.54, 1.807) is 0 Å². The molecule has 3 aromatic carbocycles. The van der Waals surface area contributed by atoms with Gasteiger partial charge in [0.1, 0.15) is 0 Å². The molecular formula is C23H17ClF2N2O. The molecule has 3 nitrogen and oxygen atoms in total. The van der Waals surface area contributed by atoms with Gasteiger partial charge in [-0.2, -0.15) is 0 Å². The fourth-order valence-electron chi connectivity index (χ4n) is 3.33. The van der Waals surface area contributed by atoms with Crippen LogP contribution in [0.3, 0.4) is 0 Å². The average Bonchev–Trinajstić information content (AvgIpc) is 3.04. The molecule has 0 unspecified atom stereocenters. The number of nitrogens with zero attached hydrogens (tertiary/aromatic N) is 1. The molecular weight excluding hydrogens is 394 g/mol. The minimum Gasteiger partial charge on any atom is -0.343 e. The summed E-state index contributed by atoms with van der Waals surface area (Å²) in [5, 5.41) is 4.27. The van der Waals surface area contributed by atoms with Gasteiger partial charge < -0.3 is 9.88 Å². The van der Waals surface area contributed by atoms with Gasteiger partial charge in [0, 0.05) is 40.4 Å². The summed E-state index contributed by atoms with van der Waals surface area (Å²) in [5.74, 6) is -2.25. The molecule has 6 heteroatoms. The zero-order valence-electron chi connectivity index (χ0n) is 15.3. The van der Waals surface area contributed by atoms with E-state index in [4.69, 9.17) is 11.6 Å². The second-order valence-corrected chi connectivity index (χ2v) is 7.22. The van der Waals surface area contributed by atoms with Gasteiger partial charge >= 0.3 is 0 Å². The molecule has 29 heavy (non-hydrogen) atoms. The van der Waals surface area contributed by atoms with Crippen molar-refractivity contribution in [1.29, 1.82) is 0 Å². The van der Waals surface area contributed by atoms with Crippen LogP contribution in [0.4, 0.5) is 14.5 Å². The number of fused-ring (bicyclic) bond motifs is 1. The third kappa shape index (κ3) is 4.30. The number of rotatable bonds is 5. The Morgan fingerprint density at radius 1 is 0.966 bits per heavy atom. The zero-order chi connectivity index (χ0) is 20.4. The van der Waals surface area contributed by atoms with E-state index in [1.165, 1.54) is 6.07 Å². The number of anilines is 1. The number of benzene rings is 3. The summed E-state index contributed by atoms with van der Waals surface area (Å²) < 4.78 is 28.5. The molecule has 0 bridgehead atoms. The summed E-state index contributed by atoms with van der Waals surface area (Å²) in [6.45, 7) is 0.641. The van der Waals surface area contributed by atoms with E-state index in [-0.39, 0.29) is 18.0 Å². The highest BCUT2D eigenvalue weighted by Gasteiger charge is 2.13. The average molecular weight is 411 g/mol. The fraction of sp³-hybridized carbons (Fsp3) is 0.0870. The molecule has 1 N–H and O–H groups in total. The maximum atomic E-state index is 13.4. The van der Waals surface area contributed by atoms with Crippen LogP contribution < -0.4 is 5.32 Å². The molecule has 0 fully saturated rings. The maximum absolute atomic E-state index is 13.4. The molecule has 1 amide bonds. The smallest absolute Gasteiger partial charge is 0.228 e. The molecule has 0 saturated carbocycles. The third-order valence-corrected chi connectivity index (χ3v) is 4.94. The van der Waals surface area contributed by atoms with Gasteiger partial charge in [0.2, 0.25) is 5.91 Å². The highest BCUT2D eigenvalue weighted by atomic mass is 35.5. The molecule has 0 aliphatic heterocycles. The van der Waals surface area contributed by atoms with Crippen LogP contribution >= 0.6 is 11.6 Å². The lowest BCUT2D eigenvalue weighted by Crippen LogP contribution is -2.14. The van der Waals surface area contributed by atoms with Crippen molar-refractivity contribution in [1.82, 2.24) is 4.57 Å². The summed E-state index contributed by atoms with van der Waals surface area (Å²) in [5.41, 5.74) is 3.18. The van der Waals surface area contributed by atoms with Crippen molar-refractivity contribution in [3.63, 3.8) is 0 Å². The van der Waals surface area contributed by atoms with Gasteiger partial charge in [-0.3, -0.25) is 4.79 Å². The van der Waals surface area contributed by atoms with Crippen molar-refractivity contribution in [3.05, 3.63) is 101 Å². The van der Waals surface area contributed by atoms with Crippen molar-refractivity contribution >= 4 is 34.1 Å². The van der Waals surface area contributed by atoms with Crippen molar-refractivity contribution in [2.45, 2.75) is 13.0 Å². The van der Waals surface area contributed by atoms with Gasteiger partial charge in [0.15, 0.2) is 11.6 Å². The van der Waals surface area contributed by atoms with Gasteiger partial charge in [-0.05, 0) is 41.5 Å². The number of hydrogen-bond donors (Lipinski definition) is 1. The topological polar surface area (TPSA) is 34.0 Å². The van der Waals surface area contributed by atoms with E-state index in [0.717, 1.165) is 34.2 Å². The Balaban J connectivity index is 1.57. The van der Waals surface area contributed by atoms with E-state index in [0.29, 0.717) is 11.6 Å². The number of halogens is 3.